The van der Waals surface area contributed by atoms with E-state index in [2.05, 4.69) is 25.9 Å². The summed E-state index contributed by atoms with van der Waals surface area (Å²) in [7, 11) is -3.22. The number of anilines is 1. The van der Waals surface area contributed by atoms with Crippen molar-refractivity contribution in [3.8, 4) is 5.69 Å². The Hall–Kier alpha value is -1.58. The Kier molecular flexibility index (Phi) is 3.53. The fraction of sp³-hybridized carbons (Fsp3) is 0.357. The molecule has 1 atom stereocenters. The Labute approximate surface area is 118 Å². The van der Waals surface area contributed by atoms with E-state index >= 15 is 0 Å². The normalized spacial score (nSPS) is 15.1. The Morgan fingerprint density at radius 2 is 1.80 bits per heavy atom. The van der Waals surface area contributed by atoms with E-state index in [-0.39, 0.29) is 5.41 Å². The topological polar surface area (TPSA) is 81.1 Å². The van der Waals surface area contributed by atoms with Crippen LogP contribution in [0.15, 0.2) is 30.3 Å². The Bertz CT molecular complexity index is 663. The maximum absolute atomic E-state index is 11.6. The zero-order valence-corrected chi connectivity index (χ0v) is 13.1. The second-order valence-electron chi connectivity index (χ2n) is 6.01. The molecular formula is C14H20N3O2P. The minimum absolute atomic E-state index is 0.0798. The van der Waals surface area contributed by atoms with Gasteiger partial charge >= 0.3 is 0 Å². The third kappa shape index (κ3) is 2.94. The lowest BCUT2D eigenvalue weighted by molar-refractivity contribution is 0.496. The van der Waals surface area contributed by atoms with Gasteiger partial charge in [0.05, 0.1) is 11.4 Å². The van der Waals surface area contributed by atoms with E-state index in [1.54, 1.807) is 28.9 Å². The van der Waals surface area contributed by atoms with Crippen molar-refractivity contribution in [3.63, 3.8) is 0 Å². The van der Waals surface area contributed by atoms with Crippen LogP contribution in [-0.2, 0) is 9.98 Å². The van der Waals surface area contributed by atoms with Crippen molar-refractivity contribution in [2.24, 2.45) is 0 Å². The number of benzene rings is 1. The molecule has 20 heavy (non-hydrogen) atoms. The highest BCUT2D eigenvalue weighted by atomic mass is 31.2. The number of hydrogen-bond acceptors (Lipinski definition) is 3. The first kappa shape index (κ1) is 14.8. The zero-order valence-electron chi connectivity index (χ0n) is 12.2. The van der Waals surface area contributed by atoms with Gasteiger partial charge in [-0.25, -0.2) is 4.68 Å². The maximum Gasteiger partial charge on any atom is 0.226 e. The first-order valence-electron chi connectivity index (χ1n) is 6.36. The van der Waals surface area contributed by atoms with Crippen molar-refractivity contribution >= 4 is 18.5 Å². The van der Waals surface area contributed by atoms with Gasteiger partial charge in [0.25, 0.3) is 0 Å². The standard InChI is InChI=1S/C14H20N3O2P/c1-14(2,3)12-9-13(15)17(16-12)10-5-7-11(8-6-10)20(4,18)19/h5-9H,15H2,1-4H3,(H,18,19). The van der Waals surface area contributed by atoms with E-state index in [1.165, 1.54) is 6.66 Å². The highest BCUT2D eigenvalue weighted by Crippen LogP contribution is 2.34. The van der Waals surface area contributed by atoms with Crippen molar-refractivity contribution in [3.05, 3.63) is 36.0 Å². The predicted octanol–water partition coefficient (Wildman–Crippen LogP) is 2.28. The summed E-state index contributed by atoms with van der Waals surface area (Å²) in [6.07, 6.45) is 0. The first-order valence-corrected chi connectivity index (χ1v) is 8.47. The molecule has 108 valence electrons. The van der Waals surface area contributed by atoms with Gasteiger partial charge in [0.1, 0.15) is 5.82 Å². The van der Waals surface area contributed by atoms with Gasteiger partial charge in [0, 0.05) is 23.5 Å². The van der Waals surface area contributed by atoms with Crippen LogP contribution in [0.5, 0.6) is 0 Å². The predicted molar refractivity (Wildman–Crippen MR) is 82.1 cm³/mol. The van der Waals surface area contributed by atoms with Crippen molar-refractivity contribution in [1.82, 2.24) is 9.78 Å². The average molecular weight is 293 g/mol. The fourth-order valence-corrected chi connectivity index (χ4v) is 2.54. The lowest BCUT2D eigenvalue weighted by Gasteiger charge is -2.14. The monoisotopic (exact) mass is 293 g/mol. The van der Waals surface area contributed by atoms with E-state index in [1.807, 2.05) is 6.07 Å². The van der Waals surface area contributed by atoms with Crippen LogP contribution in [0.1, 0.15) is 26.5 Å². The molecule has 5 nitrogen and oxygen atoms in total. The molecule has 1 unspecified atom stereocenters. The van der Waals surface area contributed by atoms with Crippen molar-refractivity contribution in [2.75, 3.05) is 12.4 Å². The van der Waals surface area contributed by atoms with Crippen LogP contribution in [0.25, 0.3) is 5.69 Å². The number of hydrogen-bond donors (Lipinski definition) is 2. The fourth-order valence-electron chi connectivity index (χ4n) is 1.84. The third-order valence-electron chi connectivity index (χ3n) is 3.08. The summed E-state index contributed by atoms with van der Waals surface area (Å²) in [4.78, 5) is 9.52. The van der Waals surface area contributed by atoms with E-state index in [0.717, 1.165) is 11.4 Å². The lowest BCUT2D eigenvalue weighted by atomic mass is 9.92. The Balaban J connectivity index is 2.43. The van der Waals surface area contributed by atoms with Gasteiger partial charge in [0.2, 0.25) is 7.37 Å². The lowest BCUT2D eigenvalue weighted by Crippen LogP contribution is -2.13. The molecule has 1 heterocycles. The first-order chi connectivity index (χ1) is 9.09. The van der Waals surface area contributed by atoms with Crippen LogP contribution in [0.2, 0.25) is 0 Å². The van der Waals surface area contributed by atoms with Crippen molar-refractivity contribution in [2.45, 2.75) is 26.2 Å². The van der Waals surface area contributed by atoms with Gasteiger partial charge in [0.15, 0.2) is 0 Å². The van der Waals surface area contributed by atoms with Gasteiger partial charge in [-0.1, -0.05) is 20.8 Å². The van der Waals surface area contributed by atoms with Crippen LogP contribution >= 0.6 is 7.37 Å². The molecule has 0 fully saturated rings. The van der Waals surface area contributed by atoms with Crippen LogP contribution in [0.3, 0.4) is 0 Å². The minimum atomic E-state index is -3.22. The summed E-state index contributed by atoms with van der Waals surface area (Å²) < 4.78 is 13.2. The average Bonchev–Trinajstić information content (AvgIpc) is 2.70. The molecule has 2 rings (SSSR count). The smallest absolute Gasteiger partial charge is 0.226 e. The molecule has 0 amide bonds. The summed E-state index contributed by atoms with van der Waals surface area (Å²) in [5.74, 6) is 0.548. The molecule has 0 radical (unpaired) electrons. The molecule has 0 spiro atoms. The van der Waals surface area contributed by atoms with Gasteiger partial charge in [-0.15, -0.1) is 0 Å². The molecule has 3 N–H and O–H groups in total. The van der Waals surface area contributed by atoms with Gasteiger partial charge in [-0.3, -0.25) is 4.57 Å². The number of nitrogens with two attached hydrogens (primary N) is 1. The minimum Gasteiger partial charge on any atom is -0.384 e. The summed E-state index contributed by atoms with van der Waals surface area (Å²) in [5.41, 5.74) is 7.59. The second-order valence-corrected chi connectivity index (χ2v) is 8.29. The highest BCUT2D eigenvalue weighted by Gasteiger charge is 2.20. The number of aromatic nitrogens is 2. The summed E-state index contributed by atoms with van der Waals surface area (Å²) >= 11 is 0. The summed E-state index contributed by atoms with van der Waals surface area (Å²) in [6.45, 7) is 7.53. The Morgan fingerprint density at radius 3 is 2.20 bits per heavy atom. The molecule has 1 aromatic heterocycles. The second kappa shape index (κ2) is 4.76. The highest BCUT2D eigenvalue weighted by molar-refractivity contribution is 7.65. The molecule has 6 heteroatoms. The summed E-state index contributed by atoms with van der Waals surface area (Å²) in [5, 5.41) is 4.92. The molecule has 0 saturated carbocycles. The SMILES string of the molecule is CC(C)(C)c1cc(N)n(-c2ccc(P(C)(=O)O)cc2)n1. The molecule has 1 aromatic carbocycles. The van der Waals surface area contributed by atoms with Crippen LogP contribution < -0.4 is 11.0 Å². The largest absolute Gasteiger partial charge is 0.384 e. The third-order valence-corrected chi connectivity index (χ3v) is 4.33. The zero-order chi connectivity index (χ0) is 15.1. The van der Waals surface area contributed by atoms with Crippen molar-refractivity contribution < 1.29 is 9.46 Å². The van der Waals surface area contributed by atoms with E-state index in [4.69, 9.17) is 5.73 Å². The van der Waals surface area contributed by atoms with Gasteiger partial charge in [-0.05, 0) is 24.3 Å². The van der Waals surface area contributed by atoms with Gasteiger partial charge in [-0.2, -0.15) is 5.10 Å². The molecule has 0 saturated heterocycles. The summed E-state index contributed by atoms with van der Waals surface area (Å²) in [6, 6.07) is 8.61. The molecule has 0 aliphatic carbocycles. The van der Waals surface area contributed by atoms with E-state index in [9.17, 15) is 9.46 Å². The van der Waals surface area contributed by atoms with Crippen LogP contribution in [0, 0.1) is 0 Å². The number of nitrogens with zero attached hydrogens (tertiary/aromatic N) is 2. The molecule has 0 aliphatic heterocycles. The van der Waals surface area contributed by atoms with Crippen molar-refractivity contribution in [1.29, 1.82) is 0 Å². The molecule has 0 bridgehead atoms. The number of rotatable bonds is 2. The quantitative estimate of drug-likeness (QED) is 0.832. The molecule has 0 aliphatic rings. The van der Waals surface area contributed by atoms with Gasteiger partial charge < -0.3 is 10.6 Å². The van der Waals surface area contributed by atoms with E-state index in [0.29, 0.717) is 11.1 Å². The van der Waals surface area contributed by atoms with Crippen LogP contribution in [0.4, 0.5) is 5.82 Å². The Morgan fingerprint density at radius 1 is 1.25 bits per heavy atom. The number of nitrogen functional groups attached to an aromatic ring is 1. The molecule has 2 aromatic rings. The van der Waals surface area contributed by atoms with Crippen LogP contribution in [-0.4, -0.2) is 21.3 Å². The maximum atomic E-state index is 11.6. The van der Waals surface area contributed by atoms with E-state index < -0.39 is 7.37 Å². The molecular weight excluding hydrogens is 273 g/mol.